The van der Waals surface area contributed by atoms with E-state index >= 15 is 0 Å². The number of benzene rings is 2. The Balaban J connectivity index is 1.96. The predicted molar refractivity (Wildman–Crippen MR) is 100 cm³/mol. The predicted octanol–water partition coefficient (Wildman–Crippen LogP) is 2.52. The van der Waals surface area contributed by atoms with Crippen LogP contribution in [-0.2, 0) is 16.1 Å². The van der Waals surface area contributed by atoms with Crippen molar-refractivity contribution in [2.45, 2.75) is 32.4 Å². The Morgan fingerprint density at radius 1 is 1.04 bits per heavy atom. The van der Waals surface area contributed by atoms with E-state index in [1.165, 1.54) is 0 Å². The Labute approximate surface area is 150 Å². The van der Waals surface area contributed by atoms with E-state index in [0.717, 1.165) is 0 Å². The second kappa shape index (κ2) is 7.39. The standard InChI is InChI=1S/C20H20N2O4/c1-13(10-11-19(24)25)21-18(23)12-22-16-8-4-2-6-14(16)20(26)15-7-3-5-9-17(15)22/h2-9,13H,10-12H2,1H3,(H,21,23)(H,24,25). The fourth-order valence-electron chi connectivity index (χ4n) is 3.12. The number of rotatable bonds is 6. The van der Waals surface area contributed by atoms with Crippen LogP contribution in [0.5, 0.6) is 0 Å². The zero-order chi connectivity index (χ0) is 18.7. The number of para-hydroxylation sites is 2. The Morgan fingerprint density at radius 3 is 2.12 bits per heavy atom. The number of hydrogen-bond donors (Lipinski definition) is 2. The van der Waals surface area contributed by atoms with Crippen molar-refractivity contribution in [3.05, 3.63) is 58.8 Å². The molecule has 1 atom stereocenters. The van der Waals surface area contributed by atoms with Gasteiger partial charge in [-0.2, -0.15) is 0 Å². The molecule has 26 heavy (non-hydrogen) atoms. The fourth-order valence-corrected chi connectivity index (χ4v) is 3.12. The van der Waals surface area contributed by atoms with Gasteiger partial charge in [0, 0.05) is 23.2 Å². The van der Waals surface area contributed by atoms with Gasteiger partial charge in [0.25, 0.3) is 0 Å². The molecule has 1 aromatic heterocycles. The van der Waals surface area contributed by atoms with Crippen LogP contribution < -0.4 is 10.7 Å². The van der Waals surface area contributed by atoms with Crippen molar-refractivity contribution in [1.82, 2.24) is 9.88 Å². The van der Waals surface area contributed by atoms with Crippen molar-refractivity contribution in [2.75, 3.05) is 0 Å². The quantitative estimate of drug-likeness (QED) is 0.667. The van der Waals surface area contributed by atoms with Crippen LogP contribution in [0.15, 0.2) is 53.3 Å². The van der Waals surface area contributed by atoms with Gasteiger partial charge in [-0.15, -0.1) is 0 Å². The first-order valence-electron chi connectivity index (χ1n) is 8.49. The average Bonchev–Trinajstić information content (AvgIpc) is 2.63. The third kappa shape index (κ3) is 3.59. The molecular formula is C20H20N2O4. The smallest absolute Gasteiger partial charge is 0.303 e. The lowest BCUT2D eigenvalue weighted by Gasteiger charge is -2.17. The molecule has 1 heterocycles. The number of carboxylic acid groups (broad SMARTS) is 1. The molecular weight excluding hydrogens is 332 g/mol. The Bertz CT molecular complexity index is 979. The third-order valence-electron chi connectivity index (χ3n) is 4.38. The first kappa shape index (κ1) is 17.7. The summed E-state index contributed by atoms with van der Waals surface area (Å²) in [4.78, 5) is 35.8. The number of nitrogens with zero attached hydrogens (tertiary/aromatic N) is 1. The van der Waals surface area contributed by atoms with Crippen molar-refractivity contribution in [2.24, 2.45) is 0 Å². The highest BCUT2D eigenvalue weighted by molar-refractivity contribution is 5.94. The van der Waals surface area contributed by atoms with Gasteiger partial charge in [0.05, 0.1) is 11.0 Å². The zero-order valence-corrected chi connectivity index (χ0v) is 14.4. The normalized spacial score (nSPS) is 12.2. The molecule has 1 amide bonds. The van der Waals surface area contributed by atoms with Crippen molar-refractivity contribution in [1.29, 1.82) is 0 Å². The summed E-state index contributed by atoms with van der Waals surface area (Å²) in [5, 5.41) is 12.7. The molecule has 0 spiro atoms. The lowest BCUT2D eigenvalue weighted by Crippen LogP contribution is -2.35. The van der Waals surface area contributed by atoms with Gasteiger partial charge in [-0.3, -0.25) is 14.4 Å². The number of carbonyl (C=O) groups is 2. The van der Waals surface area contributed by atoms with Gasteiger partial charge in [0.15, 0.2) is 5.43 Å². The number of aliphatic carboxylic acids is 1. The number of carbonyl (C=O) groups excluding carboxylic acids is 1. The second-order valence-electron chi connectivity index (χ2n) is 6.35. The SMILES string of the molecule is CC(CCC(=O)O)NC(=O)Cn1c2ccccc2c(=O)c2ccccc21. The average molecular weight is 352 g/mol. The highest BCUT2D eigenvalue weighted by atomic mass is 16.4. The van der Waals surface area contributed by atoms with E-state index in [1.54, 1.807) is 31.2 Å². The van der Waals surface area contributed by atoms with Crippen LogP contribution >= 0.6 is 0 Å². The van der Waals surface area contributed by atoms with Gasteiger partial charge in [-0.25, -0.2) is 0 Å². The van der Waals surface area contributed by atoms with Gasteiger partial charge in [-0.1, -0.05) is 24.3 Å². The second-order valence-corrected chi connectivity index (χ2v) is 6.35. The van der Waals surface area contributed by atoms with Crippen LogP contribution in [0.3, 0.4) is 0 Å². The molecule has 2 aromatic carbocycles. The molecule has 0 aliphatic carbocycles. The number of fused-ring (bicyclic) bond motifs is 2. The molecule has 0 fully saturated rings. The van der Waals surface area contributed by atoms with E-state index in [9.17, 15) is 14.4 Å². The van der Waals surface area contributed by atoms with Crippen LogP contribution in [0.4, 0.5) is 0 Å². The molecule has 6 heteroatoms. The van der Waals surface area contributed by atoms with Gasteiger partial charge < -0.3 is 15.0 Å². The summed E-state index contributed by atoms with van der Waals surface area (Å²) < 4.78 is 1.82. The first-order valence-corrected chi connectivity index (χ1v) is 8.49. The largest absolute Gasteiger partial charge is 0.481 e. The van der Waals surface area contributed by atoms with Crippen LogP contribution in [0.2, 0.25) is 0 Å². The maximum Gasteiger partial charge on any atom is 0.303 e. The van der Waals surface area contributed by atoms with Crippen molar-refractivity contribution >= 4 is 33.7 Å². The Morgan fingerprint density at radius 2 is 1.58 bits per heavy atom. The summed E-state index contributed by atoms with van der Waals surface area (Å²) in [5.74, 6) is -1.11. The minimum Gasteiger partial charge on any atom is -0.481 e. The van der Waals surface area contributed by atoms with Crippen molar-refractivity contribution in [3.8, 4) is 0 Å². The van der Waals surface area contributed by atoms with Crippen molar-refractivity contribution in [3.63, 3.8) is 0 Å². The van der Waals surface area contributed by atoms with Crippen LogP contribution in [0.25, 0.3) is 21.8 Å². The molecule has 3 aromatic rings. The minimum absolute atomic E-state index is 0.00529. The molecule has 3 rings (SSSR count). The first-order chi connectivity index (χ1) is 12.5. The molecule has 0 radical (unpaired) electrons. The lowest BCUT2D eigenvalue weighted by molar-refractivity contribution is -0.137. The summed E-state index contributed by atoms with van der Waals surface area (Å²) in [5.41, 5.74) is 1.34. The third-order valence-corrected chi connectivity index (χ3v) is 4.38. The summed E-state index contributed by atoms with van der Waals surface area (Å²) in [6.07, 6.45) is 0.373. The molecule has 0 aliphatic rings. The molecule has 1 unspecified atom stereocenters. The van der Waals surface area contributed by atoms with Gasteiger partial charge in [0.1, 0.15) is 6.54 Å². The van der Waals surface area contributed by atoms with Crippen molar-refractivity contribution < 1.29 is 14.7 Å². The number of aromatic nitrogens is 1. The number of carboxylic acids is 1. The van der Waals surface area contributed by atoms with Gasteiger partial charge in [-0.05, 0) is 37.6 Å². The fraction of sp³-hybridized carbons (Fsp3) is 0.250. The van der Waals surface area contributed by atoms with E-state index in [4.69, 9.17) is 5.11 Å². The molecule has 6 nitrogen and oxygen atoms in total. The molecule has 0 bridgehead atoms. The molecule has 0 saturated heterocycles. The van der Waals surface area contributed by atoms with E-state index in [2.05, 4.69) is 5.32 Å². The topological polar surface area (TPSA) is 88.4 Å². The highest BCUT2D eigenvalue weighted by Crippen LogP contribution is 2.19. The summed E-state index contributed by atoms with van der Waals surface area (Å²) in [6, 6.07) is 14.2. The zero-order valence-electron chi connectivity index (χ0n) is 14.4. The lowest BCUT2D eigenvalue weighted by atomic mass is 10.1. The monoisotopic (exact) mass is 352 g/mol. The van der Waals surface area contributed by atoms with E-state index < -0.39 is 5.97 Å². The maximum atomic E-state index is 12.7. The Hall–Kier alpha value is -3.15. The molecule has 0 aliphatic heterocycles. The van der Waals surface area contributed by atoms with Gasteiger partial charge >= 0.3 is 5.97 Å². The van der Waals surface area contributed by atoms with Crippen LogP contribution in [-0.4, -0.2) is 27.6 Å². The van der Waals surface area contributed by atoms with Crippen LogP contribution in [0.1, 0.15) is 19.8 Å². The van der Waals surface area contributed by atoms with Crippen LogP contribution in [0, 0.1) is 0 Å². The number of nitrogens with one attached hydrogen (secondary N) is 1. The van der Waals surface area contributed by atoms with Gasteiger partial charge in [0.2, 0.25) is 5.91 Å². The maximum absolute atomic E-state index is 12.7. The number of hydrogen-bond acceptors (Lipinski definition) is 3. The number of amides is 1. The summed E-state index contributed by atoms with van der Waals surface area (Å²) in [7, 11) is 0. The van der Waals surface area contributed by atoms with E-state index in [1.807, 2.05) is 28.8 Å². The summed E-state index contributed by atoms with van der Waals surface area (Å²) >= 11 is 0. The highest BCUT2D eigenvalue weighted by Gasteiger charge is 2.14. The van der Waals surface area contributed by atoms with E-state index in [-0.39, 0.29) is 30.3 Å². The molecule has 2 N–H and O–H groups in total. The summed E-state index contributed by atoms with van der Waals surface area (Å²) in [6.45, 7) is 1.83. The Kier molecular flexibility index (Phi) is 5.02. The van der Waals surface area contributed by atoms with E-state index in [0.29, 0.717) is 28.2 Å². The molecule has 0 saturated carbocycles. The minimum atomic E-state index is -0.886. The number of pyridine rings is 1. The molecule has 134 valence electrons.